The second-order valence-corrected chi connectivity index (χ2v) is 6.76. The summed E-state index contributed by atoms with van der Waals surface area (Å²) in [6, 6.07) is 12.7. The Kier molecular flexibility index (Phi) is 5.49. The zero-order chi connectivity index (χ0) is 20.3. The van der Waals surface area contributed by atoms with E-state index in [2.05, 4.69) is 20.6 Å². The first-order valence-corrected chi connectivity index (χ1v) is 8.94. The second-order valence-electron chi connectivity index (χ2n) is 6.76. The highest BCUT2D eigenvalue weighted by atomic mass is 16.2. The van der Waals surface area contributed by atoms with Gasteiger partial charge in [0.1, 0.15) is 5.69 Å². The van der Waals surface area contributed by atoms with Crippen LogP contribution in [0.15, 0.2) is 48.7 Å². The van der Waals surface area contributed by atoms with Gasteiger partial charge in [-0.1, -0.05) is 29.8 Å². The molecule has 1 heterocycles. The minimum Gasteiger partial charge on any atom is -0.324 e. The molecule has 142 valence electrons. The number of Topliss-reactive ketones (excluding diaryl/α,β-unsaturated/α-hetero) is 1. The molecule has 28 heavy (non-hydrogen) atoms. The summed E-state index contributed by atoms with van der Waals surface area (Å²) in [7, 11) is 0. The van der Waals surface area contributed by atoms with Crippen LogP contribution in [0.2, 0.25) is 0 Å². The average molecular weight is 374 g/mol. The normalized spacial score (nSPS) is 10.4. The van der Waals surface area contributed by atoms with Crippen LogP contribution < -0.4 is 10.6 Å². The van der Waals surface area contributed by atoms with Gasteiger partial charge in [-0.05, 0) is 57.0 Å². The molecule has 6 heteroatoms. The molecule has 0 saturated carbocycles. The van der Waals surface area contributed by atoms with Crippen LogP contribution in [0.4, 0.5) is 17.3 Å². The summed E-state index contributed by atoms with van der Waals surface area (Å²) >= 11 is 0. The molecule has 2 N–H and O–H groups in total. The van der Waals surface area contributed by atoms with E-state index in [1.54, 1.807) is 24.3 Å². The molecule has 0 atom stereocenters. The maximum Gasteiger partial charge on any atom is 0.274 e. The van der Waals surface area contributed by atoms with Gasteiger partial charge < -0.3 is 10.6 Å². The van der Waals surface area contributed by atoms with Crippen molar-refractivity contribution in [2.45, 2.75) is 27.7 Å². The summed E-state index contributed by atoms with van der Waals surface area (Å²) in [5.74, 6) is -0.0507. The fourth-order valence-electron chi connectivity index (χ4n) is 3.05. The minimum atomic E-state index is -0.307. The fraction of sp³-hybridized carbons (Fsp3) is 0.182. The highest BCUT2D eigenvalue weighted by molar-refractivity contribution is 6.04. The number of amides is 1. The quantitative estimate of drug-likeness (QED) is 0.638. The maximum atomic E-state index is 12.7. The van der Waals surface area contributed by atoms with Crippen molar-refractivity contribution in [1.29, 1.82) is 0 Å². The van der Waals surface area contributed by atoms with Gasteiger partial charge in [0.15, 0.2) is 5.78 Å². The van der Waals surface area contributed by atoms with Gasteiger partial charge in [0.2, 0.25) is 5.95 Å². The third-order valence-electron chi connectivity index (χ3n) is 4.33. The minimum absolute atomic E-state index is 0.0264. The Morgan fingerprint density at radius 3 is 2.36 bits per heavy atom. The summed E-state index contributed by atoms with van der Waals surface area (Å²) in [6.45, 7) is 7.46. The monoisotopic (exact) mass is 374 g/mol. The van der Waals surface area contributed by atoms with Gasteiger partial charge in [-0.2, -0.15) is 0 Å². The van der Waals surface area contributed by atoms with Gasteiger partial charge in [-0.3, -0.25) is 9.59 Å². The standard InChI is InChI=1S/C22H22N4O2/c1-13-10-14(2)20(15(3)11-13)26-21(28)19-8-9-23-22(25-19)24-18-7-5-6-17(12-18)16(4)27/h5-12H,1-4H3,(H,26,28)(H,23,24,25). The molecular formula is C22H22N4O2. The predicted molar refractivity (Wildman–Crippen MR) is 110 cm³/mol. The fourth-order valence-corrected chi connectivity index (χ4v) is 3.05. The molecule has 0 bridgehead atoms. The van der Waals surface area contributed by atoms with E-state index >= 15 is 0 Å². The molecule has 1 aromatic heterocycles. The van der Waals surface area contributed by atoms with Gasteiger partial charge in [-0.25, -0.2) is 9.97 Å². The number of rotatable bonds is 5. The highest BCUT2D eigenvalue weighted by Crippen LogP contribution is 2.22. The van der Waals surface area contributed by atoms with Crippen LogP contribution in [-0.4, -0.2) is 21.7 Å². The first-order valence-electron chi connectivity index (χ1n) is 8.94. The lowest BCUT2D eigenvalue weighted by molar-refractivity contribution is 0.101. The Balaban J connectivity index is 1.80. The Bertz CT molecular complexity index is 1040. The third-order valence-corrected chi connectivity index (χ3v) is 4.33. The summed E-state index contributed by atoms with van der Waals surface area (Å²) in [6.07, 6.45) is 1.52. The topological polar surface area (TPSA) is 84.0 Å². The van der Waals surface area contributed by atoms with Gasteiger partial charge in [0.25, 0.3) is 5.91 Å². The summed E-state index contributed by atoms with van der Waals surface area (Å²) in [5.41, 5.74) is 5.45. The smallest absolute Gasteiger partial charge is 0.274 e. The Labute approximate surface area is 164 Å². The number of nitrogens with zero attached hydrogens (tertiary/aromatic N) is 2. The molecule has 1 amide bonds. The number of anilines is 3. The van der Waals surface area contributed by atoms with E-state index in [1.165, 1.54) is 13.1 Å². The zero-order valence-corrected chi connectivity index (χ0v) is 16.3. The van der Waals surface area contributed by atoms with Crippen molar-refractivity contribution < 1.29 is 9.59 Å². The SMILES string of the molecule is CC(=O)c1cccc(Nc2nccc(C(=O)Nc3c(C)cc(C)cc3C)n2)c1. The van der Waals surface area contributed by atoms with Crippen molar-refractivity contribution in [3.05, 3.63) is 76.6 Å². The van der Waals surface area contributed by atoms with Crippen LogP contribution >= 0.6 is 0 Å². The molecule has 0 radical (unpaired) electrons. The number of carbonyl (C=O) groups excluding carboxylic acids is 2. The molecule has 3 aromatic rings. The largest absolute Gasteiger partial charge is 0.324 e. The Morgan fingerprint density at radius 1 is 0.964 bits per heavy atom. The number of carbonyl (C=O) groups is 2. The van der Waals surface area contributed by atoms with Crippen LogP contribution in [0.25, 0.3) is 0 Å². The number of hydrogen-bond acceptors (Lipinski definition) is 5. The molecule has 0 aliphatic carbocycles. The van der Waals surface area contributed by atoms with E-state index in [0.717, 1.165) is 22.4 Å². The van der Waals surface area contributed by atoms with Crippen molar-refractivity contribution >= 4 is 29.0 Å². The van der Waals surface area contributed by atoms with E-state index in [9.17, 15) is 9.59 Å². The molecule has 0 unspecified atom stereocenters. The summed E-state index contributed by atoms with van der Waals surface area (Å²) in [5, 5.41) is 5.97. The van der Waals surface area contributed by atoms with Crippen LogP contribution in [0.3, 0.4) is 0 Å². The van der Waals surface area contributed by atoms with Crippen molar-refractivity contribution in [2.75, 3.05) is 10.6 Å². The lowest BCUT2D eigenvalue weighted by atomic mass is 10.1. The number of hydrogen-bond donors (Lipinski definition) is 2. The lowest BCUT2D eigenvalue weighted by Crippen LogP contribution is -2.16. The molecular weight excluding hydrogens is 352 g/mol. The highest BCUT2D eigenvalue weighted by Gasteiger charge is 2.13. The Hall–Kier alpha value is -3.54. The van der Waals surface area contributed by atoms with Crippen molar-refractivity contribution in [3.8, 4) is 0 Å². The predicted octanol–water partition coefficient (Wildman–Crippen LogP) is 4.60. The second kappa shape index (κ2) is 8.00. The number of aromatic nitrogens is 2. The molecule has 0 saturated heterocycles. The van der Waals surface area contributed by atoms with Crippen molar-refractivity contribution in [2.24, 2.45) is 0 Å². The zero-order valence-electron chi connectivity index (χ0n) is 16.3. The number of aryl methyl sites for hydroxylation is 3. The van der Waals surface area contributed by atoms with Crippen LogP contribution in [-0.2, 0) is 0 Å². The van der Waals surface area contributed by atoms with Crippen molar-refractivity contribution in [1.82, 2.24) is 9.97 Å². The molecule has 0 aliphatic heterocycles. The van der Waals surface area contributed by atoms with Gasteiger partial charge in [0, 0.05) is 23.1 Å². The van der Waals surface area contributed by atoms with Crippen molar-refractivity contribution in [3.63, 3.8) is 0 Å². The third kappa shape index (κ3) is 4.40. The van der Waals surface area contributed by atoms with E-state index in [4.69, 9.17) is 0 Å². The molecule has 3 rings (SSSR count). The first kappa shape index (κ1) is 19.2. The number of nitrogens with one attached hydrogen (secondary N) is 2. The lowest BCUT2D eigenvalue weighted by Gasteiger charge is -2.13. The number of ketones is 1. The van der Waals surface area contributed by atoms with Crippen LogP contribution in [0.1, 0.15) is 44.5 Å². The Morgan fingerprint density at radius 2 is 1.68 bits per heavy atom. The van der Waals surface area contributed by atoms with Crippen LogP contribution in [0.5, 0.6) is 0 Å². The van der Waals surface area contributed by atoms with Gasteiger partial charge in [0.05, 0.1) is 0 Å². The van der Waals surface area contributed by atoms with E-state index < -0.39 is 0 Å². The molecule has 0 spiro atoms. The molecule has 2 aromatic carbocycles. The number of benzene rings is 2. The van der Waals surface area contributed by atoms with E-state index in [1.807, 2.05) is 39.0 Å². The summed E-state index contributed by atoms with van der Waals surface area (Å²) in [4.78, 5) is 32.7. The molecule has 0 aliphatic rings. The maximum absolute atomic E-state index is 12.7. The molecule has 0 fully saturated rings. The van der Waals surface area contributed by atoms with E-state index in [0.29, 0.717) is 11.3 Å². The first-order chi connectivity index (χ1) is 13.3. The van der Waals surface area contributed by atoms with Gasteiger partial charge >= 0.3 is 0 Å². The molecule has 6 nitrogen and oxygen atoms in total. The van der Waals surface area contributed by atoms with E-state index in [-0.39, 0.29) is 23.3 Å². The van der Waals surface area contributed by atoms with Gasteiger partial charge in [-0.15, -0.1) is 0 Å². The average Bonchev–Trinajstić information content (AvgIpc) is 2.65. The summed E-state index contributed by atoms with van der Waals surface area (Å²) < 4.78 is 0. The van der Waals surface area contributed by atoms with Crippen LogP contribution in [0, 0.1) is 20.8 Å².